The summed E-state index contributed by atoms with van der Waals surface area (Å²) in [5.74, 6) is 0.346. The van der Waals surface area contributed by atoms with E-state index in [2.05, 4.69) is 42.2 Å². The van der Waals surface area contributed by atoms with Crippen molar-refractivity contribution in [3.8, 4) is 5.75 Å². The molecule has 0 amide bonds. The number of halogens is 2. The molecule has 1 aliphatic rings. The molecule has 1 atom stereocenters. The van der Waals surface area contributed by atoms with Gasteiger partial charge >= 0.3 is 0 Å². The maximum Gasteiger partial charge on any atom is 0.247 e. The summed E-state index contributed by atoms with van der Waals surface area (Å²) in [5, 5.41) is 8.51. The average Bonchev–Trinajstić information content (AvgIpc) is 3.25. The van der Waals surface area contributed by atoms with Crippen LogP contribution in [0.25, 0.3) is 0 Å². The van der Waals surface area contributed by atoms with Crippen molar-refractivity contribution in [2.75, 3.05) is 6.61 Å². The van der Waals surface area contributed by atoms with E-state index in [1.165, 1.54) is 4.31 Å². The topological polar surface area (TPSA) is 77.3 Å². The van der Waals surface area contributed by atoms with Gasteiger partial charge in [-0.25, -0.2) is 13.1 Å². The van der Waals surface area contributed by atoms with Gasteiger partial charge in [-0.15, -0.1) is 5.10 Å². The van der Waals surface area contributed by atoms with Crippen molar-refractivity contribution in [3.05, 3.63) is 105 Å². The lowest BCUT2D eigenvalue weighted by atomic mass is 10.1. The van der Waals surface area contributed by atoms with Crippen molar-refractivity contribution in [2.24, 2.45) is 0 Å². The Kier molecular flexibility index (Phi) is 7.06. The monoisotopic (exact) mass is 616 g/mol. The number of hydrogen-bond acceptors (Lipinski definition) is 5. The number of rotatable bonds is 6. The molecular formula is C25H22Br2N4O3S. The fraction of sp³-hybridized carbons (Fsp3) is 0.200. The number of nitrogens with zero attached hydrogens (tertiary/aromatic N) is 4. The second-order valence-corrected chi connectivity index (χ2v) is 12.0. The van der Waals surface area contributed by atoms with E-state index in [9.17, 15) is 8.42 Å². The largest absolute Gasteiger partial charge is 0.490 e. The Balaban J connectivity index is 1.45. The molecule has 180 valence electrons. The second kappa shape index (κ2) is 10.2. The first kappa shape index (κ1) is 24.2. The summed E-state index contributed by atoms with van der Waals surface area (Å²) >= 11 is 6.85. The van der Waals surface area contributed by atoms with Crippen molar-refractivity contribution in [2.45, 2.75) is 30.4 Å². The predicted octanol–water partition coefficient (Wildman–Crippen LogP) is 5.05. The minimum Gasteiger partial charge on any atom is -0.490 e. The minimum absolute atomic E-state index is 0.0963. The molecule has 0 spiro atoms. The first-order valence-corrected chi connectivity index (χ1v) is 14.0. The van der Waals surface area contributed by atoms with E-state index in [0.29, 0.717) is 24.4 Å². The summed E-state index contributed by atoms with van der Waals surface area (Å²) in [6, 6.07) is 22.4. The van der Waals surface area contributed by atoms with Gasteiger partial charge in [-0.3, -0.25) is 0 Å². The van der Waals surface area contributed by atoms with Crippen LogP contribution in [0.2, 0.25) is 0 Å². The van der Waals surface area contributed by atoms with Gasteiger partial charge in [0.25, 0.3) is 0 Å². The van der Waals surface area contributed by atoms with E-state index in [1.807, 2.05) is 54.6 Å². The van der Waals surface area contributed by atoms with E-state index in [4.69, 9.17) is 4.74 Å². The number of fused-ring (bicyclic) bond motifs is 1. The molecule has 1 aliphatic heterocycles. The number of hydrogen-bond donors (Lipinski definition) is 0. The molecule has 4 aromatic rings. The van der Waals surface area contributed by atoms with Gasteiger partial charge in [-0.05, 0) is 47.9 Å². The molecule has 7 nitrogen and oxygen atoms in total. The standard InChI is InChI=1S/C25H22Br2N4O3S/c26-20-8-6-19(7-9-20)14-30-15-22(28-29-30)16-31-23(12-18-4-2-1-3-5-18)17-34-24-13-21(27)10-11-25(24)35(31,32)33/h1-11,13,15,23H,12,14,16-17H2/t23-/m0/s1. The molecule has 3 aromatic carbocycles. The van der Waals surface area contributed by atoms with Crippen LogP contribution in [0.4, 0.5) is 0 Å². The first-order chi connectivity index (χ1) is 16.9. The van der Waals surface area contributed by atoms with Crippen molar-refractivity contribution >= 4 is 41.9 Å². The zero-order valence-corrected chi connectivity index (χ0v) is 22.6. The molecule has 0 N–H and O–H groups in total. The highest BCUT2D eigenvalue weighted by atomic mass is 79.9. The van der Waals surface area contributed by atoms with Gasteiger partial charge in [0.15, 0.2) is 0 Å². The summed E-state index contributed by atoms with van der Waals surface area (Å²) in [5.41, 5.74) is 2.68. The molecule has 0 radical (unpaired) electrons. The highest BCUT2D eigenvalue weighted by Crippen LogP contribution is 2.35. The summed E-state index contributed by atoms with van der Waals surface area (Å²) < 4.78 is 38.7. The Morgan fingerprint density at radius 2 is 1.66 bits per heavy atom. The third-order valence-corrected chi connectivity index (χ3v) is 8.77. The summed E-state index contributed by atoms with van der Waals surface area (Å²) in [6.07, 6.45) is 2.31. The molecule has 0 fully saturated rings. The number of benzene rings is 3. The lowest BCUT2D eigenvalue weighted by molar-refractivity contribution is 0.206. The van der Waals surface area contributed by atoms with Crippen LogP contribution >= 0.6 is 31.9 Å². The van der Waals surface area contributed by atoms with Crippen LogP contribution in [-0.2, 0) is 29.5 Å². The third-order valence-electron chi connectivity index (χ3n) is 5.81. The zero-order chi connectivity index (χ0) is 24.4. The first-order valence-electron chi connectivity index (χ1n) is 11.0. The molecule has 0 unspecified atom stereocenters. The van der Waals surface area contributed by atoms with Gasteiger partial charge in [-0.2, -0.15) is 4.31 Å². The van der Waals surface area contributed by atoms with Gasteiger partial charge in [0.05, 0.1) is 31.0 Å². The maximum absolute atomic E-state index is 13.8. The normalized spacial score (nSPS) is 17.4. The van der Waals surface area contributed by atoms with Crippen LogP contribution in [0.5, 0.6) is 5.75 Å². The summed E-state index contributed by atoms with van der Waals surface area (Å²) in [6.45, 7) is 0.865. The maximum atomic E-state index is 13.8. The van der Waals surface area contributed by atoms with Gasteiger partial charge in [0.2, 0.25) is 10.0 Å². The summed E-state index contributed by atoms with van der Waals surface area (Å²) in [4.78, 5) is 0.151. The smallest absolute Gasteiger partial charge is 0.247 e. The van der Waals surface area contributed by atoms with E-state index in [1.54, 1.807) is 29.1 Å². The van der Waals surface area contributed by atoms with Crippen LogP contribution in [0.1, 0.15) is 16.8 Å². The molecular weight excluding hydrogens is 596 g/mol. The van der Waals surface area contributed by atoms with Crippen LogP contribution in [0, 0.1) is 0 Å². The molecule has 0 bridgehead atoms. The fourth-order valence-corrected chi connectivity index (χ4v) is 6.38. The Hall–Kier alpha value is -2.53. The molecule has 0 aliphatic carbocycles. The molecule has 2 heterocycles. The van der Waals surface area contributed by atoms with E-state index >= 15 is 0 Å². The Bertz CT molecular complexity index is 1430. The van der Waals surface area contributed by atoms with Crippen molar-refractivity contribution in [1.29, 1.82) is 0 Å². The van der Waals surface area contributed by atoms with Crippen LogP contribution in [0.15, 0.2) is 92.8 Å². The van der Waals surface area contributed by atoms with Gasteiger partial charge in [0, 0.05) is 8.95 Å². The Labute approximate surface area is 221 Å². The molecule has 0 saturated carbocycles. The van der Waals surface area contributed by atoms with Gasteiger partial charge < -0.3 is 4.74 Å². The minimum atomic E-state index is -3.85. The quantitative estimate of drug-likeness (QED) is 0.303. The third kappa shape index (κ3) is 5.50. The highest BCUT2D eigenvalue weighted by molar-refractivity contribution is 9.10. The lowest BCUT2D eigenvalue weighted by Gasteiger charge is -2.27. The van der Waals surface area contributed by atoms with Crippen LogP contribution in [-0.4, -0.2) is 40.4 Å². The number of sulfonamides is 1. The highest BCUT2D eigenvalue weighted by Gasteiger charge is 2.37. The summed E-state index contributed by atoms with van der Waals surface area (Å²) in [7, 11) is -3.85. The molecule has 1 aromatic heterocycles. The predicted molar refractivity (Wildman–Crippen MR) is 140 cm³/mol. The Morgan fingerprint density at radius 3 is 2.43 bits per heavy atom. The van der Waals surface area contributed by atoms with Gasteiger partial charge in [-0.1, -0.05) is 79.5 Å². The van der Waals surface area contributed by atoms with E-state index in [0.717, 1.165) is 20.1 Å². The van der Waals surface area contributed by atoms with Crippen molar-refractivity contribution in [1.82, 2.24) is 19.3 Å². The molecule has 0 saturated heterocycles. The second-order valence-electron chi connectivity index (χ2n) is 8.33. The van der Waals surface area contributed by atoms with Gasteiger partial charge in [0.1, 0.15) is 17.3 Å². The van der Waals surface area contributed by atoms with Crippen LogP contribution in [0.3, 0.4) is 0 Å². The number of ether oxygens (including phenoxy) is 1. The van der Waals surface area contributed by atoms with Crippen molar-refractivity contribution < 1.29 is 13.2 Å². The molecule has 35 heavy (non-hydrogen) atoms. The zero-order valence-electron chi connectivity index (χ0n) is 18.6. The van der Waals surface area contributed by atoms with Crippen molar-refractivity contribution in [3.63, 3.8) is 0 Å². The van der Waals surface area contributed by atoms with E-state index < -0.39 is 16.1 Å². The average molecular weight is 618 g/mol. The lowest BCUT2D eigenvalue weighted by Crippen LogP contribution is -2.42. The number of aromatic nitrogens is 3. The molecule has 5 rings (SSSR count). The Morgan fingerprint density at radius 1 is 0.914 bits per heavy atom. The fourth-order valence-electron chi connectivity index (χ4n) is 4.09. The molecule has 10 heteroatoms. The van der Waals surface area contributed by atoms with E-state index in [-0.39, 0.29) is 18.0 Å². The van der Waals surface area contributed by atoms with Crippen LogP contribution < -0.4 is 4.74 Å². The SMILES string of the molecule is O=S1(=O)c2ccc(Br)cc2OC[C@H](Cc2ccccc2)N1Cc1cn(Cc2ccc(Br)cc2)nn1.